The van der Waals surface area contributed by atoms with Crippen molar-refractivity contribution in [3.8, 4) is 0 Å². The van der Waals surface area contributed by atoms with E-state index in [0.29, 0.717) is 10.7 Å². The molecule has 1 saturated heterocycles. The van der Waals surface area contributed by atoms with Gasteiger partial charge in [0.05, 0.1) is 18.7 Å². The van der Waals surface area contributed by atoms with Gasteiger partial charge in [0, 0.05) is 24.5 Å². The number of hydrogen-bond donors (Lipinski definition) is 2. The SMILES string of the molecule is COC(=O)c1cccc(NC(=S)N[C@@H](C)c2ccc(N3CCCC3)cc2)c1. The summed E-state index contributed by atoms with van der Waals surface area (Å²) in [6.45, 7) is 4.36. The Morgan fingerprint density at radius 2 is 1.85 bits per heavy atom. The van der Waals surface area contributed by atoms with Crippen LogP contribution in [0.2, 0.25) is 0 Å². The lowest BCUT2D eigenvalue weighted by atomic mass is 10.1. The summed E-state index contributed by atoms with van der Waals surface area (Å²) in [6, 6.07) is 15.8. The van der Waals surface area contributed by atoms with Crippen molar-refractivity contribution < 1.29 is 9.53 Å². The van der Waals surface area contributed by atoms with Crippen LogP contribution >= 0.6 is 12.2 Å². The minimum Gasteiger partial charge on any atom is -0.465 e. The van der Waals surface area contributed by atoms with E-state index in [-0.39, 0.29) is 12.0 Å². The first kappa shape index (κ1) is 19.2. The number of nitrogens with one attached hydrogen (secondary N) is 2. The second-order valence-corrected chi connectivity index (χ2v) is 7.09. The van der Waals surface area contributed by atoms with E-state index >= 15 is 0 Å². The minimum absolute atomic E-state index is 0.0708. The van der Waals surface area contributed by atoms with Crippen LogP contribution in [0, 0.1) is 0 Å². The van der Waals surface area contributed by atoms with Crippen molar-refractivity contribution in [1.82, 2.24) is 5.32 Å². The lowest BCUT2D eigenvalue weighted by Crippen LogP contribution is -2.31. The molecule has 1 aliphatic rings. The van der Waals surface area contributed by atoms with Crippen molar-refractivity contribution in [2.75, 3.05) is 30.4 Å². The lowest BCUT2D eigenvalue weighted by molar-refractivity contribution is 0.0601. The summed E-state index contributed by atoms with van der Waals surface area (Å²) in [5.74, 6) is -0.371. The first-order valence-corrected chi connectivity index (χ1v) is 9.58. The van der Waals surface area contributed by atoms with Crippen LogP contribution in [0.3, 0.4) is 0 Å². The number of anilines is 2. The molecule has 0 radical (unpaired) electrons. The monoisotopic (exact) mass is 383 g/mol. The average Bonchev–Trinajstić information content (AvgIpc) is 3.22. The number of ether oxygens (including phenoxy) is 1. The Morgan fingerprint density at radius 1 is 1.15 bits per heavy atom. The van der Waals surface area contributed by atoms with E-state index in [1.807, 2.05) is 6.07 Å². The van der Waals surface area contributed by atoms with Crippen LogP contribution in [0.1, 0.15) is 41.7 Å². The Morgan fingerprint density at radius 3 is 2.52 bits per heavy atom. The molecular formula is C21H25N3O2S. The van der Waals surface area contributed by atoms with Crippen molar-refractivity contribution >= 4 is 34.7 Å². The van der Waals surface area contributed by atoms with E-state index in [9.17, 15) is 4.79 Å². The molecule has 2 N–H and O–H groups in total. The molecule has 1 atom stereocenters. The zero-order valence-corrected chi connectivity index (χ0v) is 16.5. The van der Waals surface area contributed by atoms with Crippen molar-refractivity contribution in [3.05, 3.63) is 59.7 Å². The van der Waals surface area contributed by atoms with Crippen LogP contribution in [-0.2, 0) is 4.74 Å². The van der Waals surface area contributed by atoms with E-state index in [0.717, 1.165) is 18.8 Å². The van der Waals surface area contributed by atoms with Crippen molar-refractivity contribution in [2.24, 2.45) is 0 Å². The van der Waals surface area contributed by atoms with Crippen LogP contribution in [0.15, 0.2) is 48.5 Å². The van der Waals surface area contributed by atoms with E-state index < -0.39 is 0 Å². The largest absolute Gasteiger partial charge is 0.465 e. The molecule has 0 aromatic heterocycles. The molecule has 0 unspecified atom stereocenters. The van der Waals surface area contributed by atoms with Crippen molar-refractivity contribution in [1.29, 1.82) is 0 Å². The fraction of sp³-hybridized carbons (Fsp3) is 0.333. The first-order chi connectivity index (χ1) is 13.1. The molecule has 0 bridgehead atoms. The van der Waals surface area contributed by atoms with Gasteiger partial charge in [-0.2, -0.15) is 0 Å². The summed E-state index contributed by atoms with van der Waals surface area (Å²) in [5.41, 5.74) is 3.68. The highest BCUT2D eigenvalue weighted by Gasteiger charge is 2.13. The maximum Gasteiger partial charge on any atom is 0.337 e. The molecular weight excluding hydrogens is 358 g/mol. The topological polar surface area (TPSA) is 53.6 Å². The summed E-state index contributed by atoms with van der Waals surface area (Å²) in [5, 5.41) is 6.92. The van der Waals surface area contributed by atoms with Gasteiger partial charge >= 0.3 is 5.97 Å². The fourth-order valence-electron chi connectivity index (χ4n) is 3.24. The summed E-state index contributed by atoms with van der Waals surface area (Å²) in [6.07, 6.45) is 2.55. The van der Waals surface area contributed by atoms with Gasteiger partial charge in [0.25, 0.3) is 0 Å². The molecule has 1 heterocycles. The minimum atomic E-state index is -0.371. The first-order valence-electron chi connectivity index (χ1n) is 9.17. The molecule has 0 amide bonds. The highest BCUT2D eigenvalue weighted by Crippen LogP contribution is 2.22. The molecule has 1 aliphatic heterocycles. The highest BCUT2D eigenvalue weighted by atomic mass is 32.1. The number of thiocarbonyl (C=S) groups is 1. The Bertz CT molecular complexity index is 801. The van der Waals surface area contributed by atoms with Gasteiger partial charge in [-0.25, -0.2) is 4.79 Å². The fourth-order valence-corrected chi connectivity index (χ4v) is 3.53. The standard InChI is InChI=1S/C21H25N3O2S/c1-15(16-8-10-19(11-9-16)24-12-3-4-13-24)22-21(27)23-18-7-5-6-17(14-18)20(25)26-2/h5-11,14-15H,3-4,12-13H2,1-2H3,(H2,22,23,27)/t15-/m0/s1. The van der Waals surface area contributed by atoms with Gasteiger partial charge in [0.2, 0.25) is 0 Å². The molecule has 0 aliphatic carbocycles. The molecule has 2 aromatic rings. The van der Waals surface area contributed by atoms with Gasteiger partial charge in [-0.3, -0.25) is 0 Å². The van der Waals surface area contributed by atoms with Gasteiger partial charge < -0.3 is 20.3 Å². The summed E-state index contributed by atoms with van der Waals surface area (Å²) in [4.78, 5) is 14.1. The van der Waals surface area contributed by atoms with Crippen LogP contribution < -0.4 is 15.5 Å². The molecule has 142 valence electrons. The molecule has 0 spiro atoms. The number of carbonyl (C=O) groups excluding carboxylic acids is 1. The Labute approximate surface area is 165 Å². The maximum atomic E-state index is 11.6. The molecule has 0 saturated carbocycles. The highest BCUT2D eigenvalue weighted by molar-refractivity contribution is 7.80. The van der Waals surface area contributed by atoms with Gasteiger partial charge in [-0.1, -0.05) is 18.2 Å². The third-order valence-electron chi connectivity index (χ3n) is 4.75. The van der Waals surface area contributed by atoms with E-state index in [2.05, 4.69) is 46.7 Å². The third-order valence-corrected chi connectivity index (χ3v) is 4.97. The normalized spacial score (nSPS) is 14.5. The Balaban J connectivity index is 1.58. The molecule has 27 heavy (non-hydrogen) atoms. The molecule has 3 rings (SSSR count). The van der Waals surface area contributed by atoms with Crippen molar-refractivity contribution in [2.45, 2.75) is 25.8 Å². The molecule has 2 aromatic carbocycles. The smallest absolute Gasteiger partial charge is 0.337 e. The predicted octanol–water partition coefficient (Wildman–Crippen LogP) is 4.12. The van der Waals surface area contributed by atoms with Crippen molar-refractivity contribution in [3.63, 3.8) is 0 Å². The molecule has 5 nitrogen and oxygen atoms in total. The molecule has 1 fully saturated rings. The number of methoxy groups -OCH3 is 1. The van der Waals surface area contributed by atoms with E-state index in [1.54, 1.807) is 18.2 Å². The number of rotatable bonds is 5. The average molecular weight is 384 g/mol. The summed E-state index contributed by atoms with van der Waals surface area (Å²) < 4.78 is 4.75. The lowest BCUT2D eigenvalue weighted by Gasteiger charge is -2.20. The number of carbonyl (C=O) groups is 1. The molecule has 6 heteroatoms. The zero-order chi connectivity index (χ0) is 19.2. The summed E-state index contributed by atoms with van der Waals surface area (Å²) in [7, 11) is 1.37. The van der Waals surface area contributed by atoms with Crippen LogP contribution in [0.25, 0.3) is 0 Å². The van der Waals surface area contributed by atoms with Crippen LogP contribution in [-0.4, -0.2) is 31.3 Å². The number of hydrogen-bond acceptors (Lipinski definition) is 4. The predicted molar refractivity (Wildman–Crippen MR) is 113 cm³/mol. The number of nitrogens with zero attached hydrogens (tertiary/aromatic N) is 1. The quantitative estimate of drug-likeness (QED) is 0.598. The van der Waals surface area contributed by atoms with Gasteiger partial charge in [0.1, 0.15) is 0 Å². The number of benzene rings is 2. The van der Waals surface area contributed by atoms with Crippen LogP contribution in [0.5, 0.6) is 0 Å². The maximum absolute atomic E-state index is 11.6. The van der Waals surface area contributed by atoms with E-state index in [4.69, 9.17) is 17.0 Å². The third kappa shape index (κ3) is 4.98. The zero-order valence-electron chi connectivity index (χ0n) is 15.7. The Kier molecular flexibility index (Phi) is 6.29. The van der Waals surface area contributed by atoms with Gasteiger partial charge in [-0.15, -0.1) is 0 Å². The van der Waals surface area contributed by atoms with Gasteiger partial charge in [-0.05, 0) is 67.9 Å². The second-order valence-electron chi connectivity index (χ2n) is 6.68. The number of esters is 1. The summed E-state index contributed by atoms with van der Waals surface area (Å²) >= 11 is 5.42. The second kappa shape index (κ2) is 8.86. The Hall–Kier alpha value is -2.60. The van der Waals surface area contributed by atoms with Crippen LogP contribution in [0.4, 0.5) is 11.4 Å². The van der Waals surface area contributed by atoms with E-state index in [1.165, 1.54) is 31.2 Å². The van der Waals surface area contributed by atoms with Gasteiger partial charge in [0.15, 0.2) is 5.11 Å².